The Morgan fingerprint density at radius 3 is 1.58 bits per heavy atom. The number of hydrogen-bond acceptors (Lipinski definition) is 15. The van der Waals surface area contributed by atoms with Crippen LogP contribution in [0, 0.1) is 0 Å². The van der Waals surface area contributed by atoms with Gasteiger partial charge in [0, 0.05) is 14.6 Å². The molecule has 0 saturated carbocycles. The maximum Gasteiger partial charge on any atom is 0.551 e. The molecule has 2 aliphatic rings. The fourth-order valence-electron chi connectivity index (χ4n) is 6.60. The topological polar surface area (TPSA) is 219 Å². The van der Waals surface area contributed by atoms with Crippen LogP contribution in [0.15, 0.2) is 52.5 Å². The van der Waals surface area contributed by atoms with E-state index in [1.54, 1.807) is 0 Å². The molecule has 2 saturated heterocycles. The highest BCUT2D eigenvalue weighted by atomic mass is 32.1. The van der Waals surface area contributed by atoms with Crippen molar-refractivity contribution < 1.29 is 57.7 Å². The lowest BCUT2D eigenvalue weighted by Gasteiger charge is -2.35. The van der Waals surface area contributed by atoms with Crippen LogP contribution in [-0.4, -0.2) is 102 Å². The third kappa shape index (κ3) is 15.0. The Morgan fingerprint density at radius 2 is 1.16 bits per heavy atom. The van der Waals surface area contributed by atoms with Crippen LogP contribution in [-0.2, 0) is 61.9 Å². The molecule has 0 unspecified atom stereocenters. The molecule has 5 heterocycles. The minimum Gasteiger partial charge on any atom is -0.508 e. The number of hydrogen-bond donors (Lipinski definition) is 6. The molecule has 3 aromatic heterocycles. The average molecular weight is 843 g/mol. The number of rotatable bonds is 22. The molecule has 0 spiro atoms. The van der Waals surface area contributed by atoms with Crippen LogP contribution in [0.3, 0.4) is 0 Å². The summed E-state index contributed by atoms with van der Waals surface area (Å²) in [4.78, 5) is 67.3. The first-order valence-electron chi connectivity index (χ1n) is 19.1. The van der Waals surface area contributed by atoms with Crippen LogP contribution in [0.4, 0.5) is 0 Å². The van der Waals surface area contributed by atoms with Gasteiger partial charge in [0.15, 0.2) is 0 Å². The number of aliphatic hydroxyl groups excluding tert-OH is 1. The van der Waals surface area contributed by atoms with Gasteiger partial charge in [-0.2, -0.15) is 0 Å². The summed E-state index contributed by atoms with van der Waals surface area (Å²) >= 11 is 4.27. The number of carbonyl (C=O) groups is 5. The van der Waals surface area contributed by atoms with Crippen molar-refractivity contribution in [3.8, 4) is 0 Å². The molecule has 57 heavy (non-hydrogen) atoms. The highest BCUT2D eigenvalue weighted by Crippen LogP contribution is 2.25. The smallest absolute Gasteiger partial charge is 0.508 e. The zero-order valence-corrected chi connectivity index (χ0v) is 34.1. The van der Waals surface area contributed by atoms with E-state index in [9.17, 15) is 39.1 Å². The van der Waals surface area contributed by atoms with Crippen LogP contribution in [0.1, 0.15) is 79.3 Å². The van der Waals surface area contributed by atoms with E-state index >= 15 is 0 Å². The van der Waals surface area contributed by atoms with Crippen LogP contribution in [0.2, 0.25) is 0 Å². The number of carbonyl (C=O) groups excluding carboxylic acids is 5. The van der Waals surface area contributed by atoms with Crippen molar-refractivity contribution in [3.63, 3.8) is 0 Å². The lowest BCUT2D eigenvalue weighted by Crippen LogP contribution is -2.56. The Morgan fingerprint density at radius 1 is 0.719 bits per heavy atom. The van der Waals surface area contributed by atoms with Gasteiger partial charge in [-0.3, -0.25) is 24.0 Å². The predicted octanol–water partition coefficient (Wildman–Crippen LogP) is 2.20. The number of aliphatic hydroxyl groups is 1. The van der Waals surface area contributed by atoms with Gasteiger partial charge >= 0.3 is 21.4 Å². The molecule has 0 bridgehead atoms. The minimum absolute atomic E-state index is 0.0737. The molecule has 21 heteroatoms. The quantitative estimate of drug-likeness (QED) is 0.0803. The number of amides is 3. The van der Waals surface area contributed by atoms with E-state index in [1.807, 2.05) is 59.5 Å². The van der Waals surface area contributed by atoms with Gasteiger partial charge in [0.2, 0.25) is 17.7 Å². The van der Waals surface area contributed by atoms with Crippen LogP contribution >= 0.6 is 34.0 Å². The molecule has 0 radical (unpaired) electrons. The summed E-state index contributed by atoms with van der Waals surface area (Å²) in [6.45, 7) is 1.84. The summed E-state index contributed by atoms with van der Waals surface area (Å²) in [5, 5.41) is 44.4. The number of thiophene rings is 3. The van der Waals surface area contributed by atoms with Gasteiger partial charge in [-0.25, -0.2) is 0 Å². The summed E-state index contributed by atoms with van der Waals surface area (Å²) < 4.78 is 23.7. The second kappa shape index (κ2) is 22.6. The Kier molecular flexibility index (Phi) is 17.6. The zero-order valence-electron chi connectivity index (χ0n) is 31.6. The SMILES string of the molecule is CC[C@@H](O)CC[C@H](NC(=O)Cc1cccs1)B1OC(=O)C[C@H](CC[C@H](NC(=O)Cc2cccs2)B2OC(=O)C[C@H](CC[C@H](NC(=O)Cc3cccs3)B(O)O)O2)O1. The second-order valence-corrected chi connectivity index (χ2v) is 17.2. The zero-order chi connectivity index (χ0) is 40.7. The molecule has 0 aromatic carbocycles. The Labute approximate surface area is 344 Å². The highest BCUT2D eigenvalue weighted by molar-refractivity contribution is 7.10. The van der Waals surface area contributed by atoms with Crippen molar-refractivity contribution in [2.45, 2.75) is 120 Å². The molecule has 3 amide bonds. The van der Waals surface area contributed by atoms with E-state index in [0.29, 0.717) is 12.8 Å². The van der Waals surface area contributed by atoms with Crippen LogP contribution in [0.25, 0.3) is 0 Å². The summed E-state index contributed by atoms with van der Waals surface area (Å²) in [7, 11) is -4.21. The van der Waals surface area contributed by atoms with Crippen molar-refractivity contribution in [1.29, 1.82) is 0 Å². The predicted molar refractivity (Wildman–Crippen MR) is 217 cm³/mol. The van der Waals surface area contributed by atoms with E-state index in [2.05, 4.69) is 16.0 Å². The summed E-state index contributed by atoms with van der Waals surface area (Å²) in [5.41, 5.74) is 0. The Bertz CT molecular complexity index is 1720. The van der Waals surface area contributed by atoms with Crippen molar-refractivity contribution in [2.24, 2.45) is 0 Å². The molecule has 2 aliphatic heterocycles. The average Bonchev–Trinajstić information content (AvgIpc) is 3.99. The fraction of sp³-hybridized carbons (Fsp3) is 0.528. The molecule has 6 N–H and O–H groups in total. The van der Waals surface area contributed by atoms with Gasteiger partial charge in [0.05, 0.1) is 68.2 Å². The molecular formula is C36H48B3N3O12S3. The lowest BCUT2D eigenvalue weighted by molar-refractivity contribution is -0.143. The van der Waals surface area contributed by atoms with Crippen LogP contribution < -0.4 is 16.0 Å². The largest absolute Gasteiger partial charge is 0.551 e. The van der Waals surface area contributed by atoms with E-state index in [-0.39, 0.29) is 81.9 Å². The van der Waals surface area contributed by atoms with Crippen molar-refractivity contribution in [3.05, 3.63) is 67.2 Å². The maximum absolute atomic E-state index is 13.3. The lowest BCUT2D eigenvalue weighted by atomic mass is 9.71. The third-order valence-corrected chi connectivity index (χ3v) is 12.2. The van der Waals surface area contributed by atoms with Gasteiger partial charge in [-0.05, 0) is 79.3 Å². The van der Waals surface area contributed by atoms with Crippen molar-refractivity contribution in [1.82, 2.24) is 16.0 Å². The maximum atomic E-state index is 13.3. The molecule has 6 atom stereocenters. The van der Waals surface area contributed by atoms with E-state index in [4.69, 9.17) is 18.6 Å². The standard InChI is InChI=1S/C36H48B3N3O12S3/c1-2-23(43)9-12-30(41-33(45)21-27-7-4-16-56-27)38-52-25(19-36(48)53-38)11-14-31(42-34(46)22-28-8-5-17-57-28)39-51-24(18-35(47)54-39)10-13-29(37(49)50)40-32(44)20-26-6-3-15-55-26/h3-8,15-17,23-25,29-31,43,49-50H,2,9-14,18-22H2,1H3,(H,40,44)(H,41,45)(H,42,46)/t23-,24+,25+,29+,30+,31+/m1/s1. The van der Waals surface area contributed by atoms with Gasteiger partial charge in [0.1, 0.15) is 0 Å². The molecule has 3 aromatic rings. The second-order valence-electron chi connectivity index (χ2n) is 14.1. The number of nitrogens with one attached hydrogen (secondary N) is 3. The minimum atomic E-state index is -1.86. The highest BCUT2D eigenvalue weighted by Gasteiger charge is 2.45. The van der Waals surface area contributed by atoms with Crippen molar-refractivity contribution in [2.75, 3.05) is 0 Å². The summed E-state index contributed by atoms with van der Waals surface area (Å²) in [5.74, 6) is -4.75. The van der Waals surface area contributed by atoms with E-state index < -0.39 is 69.4 Å². The van der Waals surface area contributed by atoms with Gasteiger partial charge in [-0.15, -0.1) is 34.0 Å². The first-order valence-corrected chi connectivity index (χ1v) is 21.8. The third-order valence-electron chi connectivity index (χ3n) is 9.62. The van der Waals surface area contributed by atoms with E-state index in [0.717, 1.165) is 14.6 Å². The first kappa shape index (κ1) is 44.5. The van der Waals surface area contributed by atoms with E-state index in [1.165, 1.54) is 34.0 Å². The molecule has 15 nitrogen and oxygen atoms in total. The molecule has 5 rings (SSSR count). The molecular weight excluding hydrogens is 795 g/mol. The van der Waals surface area contributed by atoms with Gasteiger partial charge in [0.25, 0.3) is 11.9 Å². The normalized spacial score (nSPS) is 19.2. The summed E-state index contributed by atoms with van der Waals surface area (Å²) in [6, 6.07) is 11.0. The summed E-state index contributed by atoms with van der Waals surface area (Å²) in [6.07, 6.45) is -0.243. The van der Waals surface area contributed by atoms with Gasteiger partial charge < -0.3 is 49.7 Å². The Hall–Kier alpha value is -3.56. The van der Waals surface area contributed by atoms with Crippen LogP contribution in [0.5, 0.6) is 0 Å². The fourth-order valence-corrected chi connectivity index (χ4v) is 8.71. The van der Waals surface area contributed by atoms with Gasteiger partial charge in [-0.1, -0.05) is 25.1 Å². The first-order chi connectivity index (χ1) is 27.4. The van der Waals surface area contributed by atoms with Crippen molar-refractivity contribution >= 4 is 85.0 Å². The Balaban J connectivity index is 1.24. The monoisotopic (exact) mass is 843 g/mol. The molecule has 306 valence electrons. The molecule has 2 fully saturated rings. The molecule has 0 aliphatic carbocycles.